The number of benzene rings is 1. The van der Waals surface area contributed by atoms with Gasteiger partial charge in [-0.25, -0.2) is 4.79 Å². The number of fused-ring (bicyclic) bond motifs is 1. The second-order valence-corrected chi connectivity index (χ2v) is 8.74. The minimum atomic E-state index is -0.675. The highest BCUT2D eigenvalue weighted by Gasteiger charge is 2.23. The number of carbonyl (C=O) groups is 1. The highest BCUT2D eigenvalue weighted by molar-refractivity contribution is 7.20. The van der Waals surface area contributed by atoms with Gasteiger partial charge in [-0.1, -0.05) is 13.8 Å². The van der Waals surface area contributed by atoms with Crippen LogP contribution < -0.4 is 4.74 Å². The lowest BCUT2D eigenvalue weighted by Crippen LogP contribution is -2.08. The first kappa shape index (κ1) is 21.0. The van der Waals surface area contributed by atoms with E-state index in [2.05, 4.69) is 29.1 Å². The molecule has 3 aromatic heterocycles. The third kappa shape index (κ3) is 4.32. The second kappa shape index (κ2) is 8.50. The fourth-order valence-electron chi connectivity index (χ4n) is 3.20. The number of aryl methyl sites for hydroxylation is 1. The van der Waals surface area contributed by atoms with E-state index in [1.54, 1.807) is 14.0 Å². The van der Waals surface area contributed by atoms with Gasteiger partial charge in [0.25, 0.3) is 5.89 Å². The first-order valence-corrected chi connectivity index (χ1v) is 10.8. The molecule has 1 unspecified atom stereocenters. The second-order valence-electron chi connectivity index (χ2n) is 7.71. The minimum absolute atomic E-state index is 0.238. The summed E-state index contributed by atoms with van der Waals surface area (Å²) in [6.45, 7) is 8.73. The first-order chi connectivity index (χ1) is 14.9. The number of carbonyl (C=O) groups excluding carboxylic acids is 1. The average molecular weight is 441 g/mol. The van der Waals surface area contributed by atoms with Crippen LogP contribution in [0.15, 0.2) is 34.7 Å². The monoisotopic (exact) mass is 440 g/mol. The molecular formula is C22H24N4O4S. The maximum absolute atomic E-state index is 12.7. The van der Waals surface area contributed by atoms with Crippen molar-refractivity contribution in [3.05, 3.63) is 46.8 Å². The molecule has 8 nitrogen and oxygen atoms in total. The van der Waals surface area contributed by atoms with Crippen molar-refractivity contribution in [1.82, 2.24) is 20.0 Å². The summed E-state index contributed by atoms with van der Waals surface area (Å²) in [7, 11) is 1.61. The molecule has 0 saturated carbocycles. The van der Waals surface area contributed by atoms with Crippen LogP contribution in [0.25, 0.3) is 21.7 Å². The van der Waals surface area contributed by atoms with Gasteiger partial charge in [0.05, 0.1) is 12.8 Å². The third-order valence-electron chi connectivity index (χ3n) is 4.76. The highest BCUT2D eigenvalue weighted by atomic mass is 32.1. The molecule has 31 heavy (non-hydrogen) atoms. The molecule has 9 heteroatoms. The van der Waals surface area contributed by atoms with Gasteiger partial charge in [0.2, 0.25) is 5.89 Å². The van der Waals surface area contributed by atoms with Crippen LogP contribution in [0.3, 0.4) is 0 Å². The molecule has 0 amide bonds. The molecule has 0 aliphatic heterocycles. The van der Waals surface area contributed by atoms with Gasteiger partial charge in [-0.3, -0.25) is 4.68 Å². The summed E-state index contributed by atoms with van der Waals surface area (Å²) in [5.41, 5.74) is 1.66. The molecule has 0 bridgehead atoms. The van der Waals surface area contributed by atoms with Crippen molar-refractivity contribution in [1.29, 1.82) is 0 Å². The quantitative estimate of drug-likeness (QED) is 0.372. The van der Waals surface area contributed by atoms with Gasteiger partial charge in [-0.2, -0.15) is 5.10 Å². The van der Waals surface area contributed by atoms with Gasteiger partial charge < -0.3 is 13.9 Å². The van der Waals surface area contributed by atoms with Crippen molar-refractivity contribution < 1.29 is 18.7 Å². The number of hydrogen-bond donors (Lipinski definition) is 0. The average Bonchev–Trinajstić information content (AvgIpc) is 3.45. The van der Waals surface area contributed by atoms with Crippen molar-refractivity contribution in [2.75, 3.05) is 7.11 Å². The van der Waals surface area contributed by atoms with E-state index < -0.39 is 12.1 Å². The van der Waals surface area contributed by atoms with Crippen LogP contribution in [0.1, 0.15) is 48.1 Å². The summed E-state index contributed by atoms with van der Waals surface area (Å²) in [6, 6.07) is 9.11. The molecule has 4 aromatic rings. The summed E-state index contributed by atoms with van der Waals surface area (Å²) in [5, 5.41) is 13.7. The Balaban J connectivity index is 1.49. The van der Waals surface area contributed by atoms with E-state index in [-0.39, 0.29) is 5.89 Å². The lowest BCUT2D eigenvalue weighted by molar-refractivity contribution is 0.0286. The fraction of sp³-hybridized carbons (Fsp3) is 0.364. The number of hydrogen-bond acceptors (Lipinski definition) is 8. The van der Waals surface area contributed by atoms with E-state index in [9.17, 15) is 4.79 Å². The van der Waals surface area contributed by atoms with Gasteiger partial charge in [-0.05, 0) is 50.1 Å². The zero-order valence-corrected chi connectivity index (χ0v) is 18.9. The molecule has 0 aliphatic carbocycles. The summed E-state index contributed by atoms with van der Waals surface area (Å²) in [6.07, 6.45) is -0.675. The van der Waals surface area contributed by atoms with Crippen molar-refractivity contribution in [2.24, 2.45) is 5.92 Å². The number of aromatic nitrogens is 4. The van der Waals surface area contributed by atoms with Crippen LogP contribution in [0, 0.1) is 12.8 Å². The van der Waals surface area contributed by atoms with Crippen molar-refractivity contribution in [3.8, 4) is 17.2 Å². The van der Waals surface area contributed by atoms with Crippen molar-refractivity contribution in [2.45, 2.75) is 40.3 Å². The van der Waals surface area contributed by atoms with Gasteiger partial charge in [-0.15, -0.1) is 21.5 Å². The Kier molecular flexibility index (Phi) is 5.77. The Morgan fingerprint density at radius 3 is 2.61 bits per heavy atom. The molecule has 3 heterocycles. The zero-order chi connectivity index (χ0) is 22.1. The molecule has 0 spiro atoms. The molecule has 0 saturated heterocycles. The number of rotatable bonds is 7. The Morgan fingerprint density at radius 1 is 1.19 bits per heavy atom. The van der Waals surface area contributed by atoms with Crippen LogP contribution in [0.2, 0.25) is 0 Å². The number of nitrogens with zero attached hydrogens (tertiary/aromatic N) is 4. The van der Waals surface area contributed by atoms with Gasteiger partial charge >= 0.3 is 5.97 Å². The minimum Gasteiger partial charge on any atom is -0.497 e. The molecule has 0 aliphatic rings. The molecule has 1 aromatic carbocycles. The maximum Gasteiger partial charge on any atom is 0.349 e. The van der Waals surface area contributed by atoms with Crippen molar-refractivity contribution in [3.63, 3.8) is 0 Å². The van der Waals surface area contributed by atoms with Crippen molar-refractivity contribution >= 4 is 27.5 Å². The van der Waals surface area contributed by atoms with Crippen LogP contribution in [-0.2, 0) is 11.3 Å². The Morgan fingerprint density at radius 2 is 1.94 bits per heavy atom. The van der Waals surface area contributed by atoms with Crippen LogP contribution >= 0.6 is 11.3 Å². The van der Waals surface area contributed by atoms with E-state index in [1.165, 1.54) is 11.3 Å². The molecular weight excluding hydrogens is 416 g/mol. The highest BCUT2D eigenvalue weighted by Crippen LogP contribution is 2.31. The van der Waals surface area contributed by atoms with Crippen LogP contribution in [0.4, 0.5) is 0 Å². The van der Waals surface area contributed by atoms with Crippen LogP contribution in [-0.4, -0.2) is 33.1 Å². The molecule has 0 fully saturated rings. The SMILES string of the molecule is COc1ccc(-c2nnc(C(C)OC(=O)c3cc4c(C)nn(CC(C)C)c4s3)o2)cc1. The predicted octanol–water partition coefficient (Wildman–Crippen LogP) is 5.04. The number of ether oxygens (including phenoxy) is 2. The lowest BCUT2D eigenvalue weighted by atomic mass is 10.2. The van der Waals surface area contributed by atoms with Gasteiger partial charge in [0, 0.05) is 17.5 Å². The predicted molar refractivity (Wildman–Crippen MR) is 117 cm³/mol. The first-order valence-electron chi connectivity index (χ1n) is 10.0. The molecule has 1 atom stereocenters. The van der Waals surface area contributed by atoms with Gasteiger partial charge in [0.1, 0.15) is 15.5 Å². The number of thiophene rings is 1. The third-order valence-corrected chi connectivity index (χ3v) is 5.88. The Labute approximate surface area is 183 Å². The molecule has 162 valence electrons. The summed E-state index contributed by atoms with van der Waals surface area (Å²) >= 11 is 1.38. The Bertz CT molecular complexity index is 1210. The summed E-state index contributed by atoms with van der Waals surface area (Å²) in [5.74, 6) is 1.36. The Hall–Kier alpha value is -3.20. The number of esters is 1. The topological polar surface area (TPSA) is 92.3 Å². The summed E-state index contributed by atoms with van der Waals surface area (Å²) < 4.78 is 18.4. The zero-order valence-electron chi connectivity index (χ0n) is 18.1. The molecule has 4 rings (SSSR count). The maximum atomic E-state index is 12.7. The van der Waals surface area contributed by atoms with E-state index in [4.69, 9.17) is 13.9 Å². The summed E-state index contributed by atoms with van der Waals surface area (Å²) in [4.78, 5) is 14.2. The van der Waals surface area contributed by atoms with Crippen LogP contribution in [0.5, 0.6) is 5.75 Å². The van der Waals surface area contributed by atoms with E-state index in [0.717, 1.165) is 33.8 Å². The lowest BCUT2D eigenvalue weighted by Gasteiger charge is -2.08. The van der Waals surface area contributed by atoms with E-state index >= 15 is 0 Å². The van der Waals surface area contributed by atoms with E-state index in [0.29, 0.717) is 16.7 Å². The van der Waals surface area contributed by atoms with E-state index in [1.807, 2.05) is 41.9 Å². The smallest absolute Gasteiger partial charge is 0.349 e. The normalized spacial score (nSPS) is 12.5. The number of methoxy groups -OCH3 is 1. The largest absolute Gasteiger partial charge is 0.497 e. The standard InChI is InChI=1S/C22H24N4O4S/c1-12(2)11-26-21-17(13(3)25-26)10-18(31-21)22(27)29-14(4)19-23-24-20(30-19)15-6-8-16(28-5)9-7-15/h6-10,12,14H,11H2,1-5H3. The fourth-order valence-corrected chi connectivity index (χ4v) is 4.25. The van der Waals surface area contributed by atoms with Gasteiger partial charge in [0.15, 0.2) is 6.10 Å². The molecule has 0 N–H and O–H groups in total. The molecule has 0 radical (unpaired) electrons.